The molecule has 1 aliphatic rings. The van der Waals surface area contributed by atoms with Crippen molar-refractivity contribution < 1.29 is 71.6 Å². The van der Waals surface area contributed by atoms with Crippen molar-refractivity contribution in [1.82, 2.24) is 5.48 Å². The SMILES string of the molecule is O.O=C([O-])C1=CNOC=C1.[K+]. The van der Waals surface area contributed by atoms with Crippen LogP contribution >= 0.6 is 0 Å². The van der Waals surface area contributed by atoms with E-state index >= 15 is 0 Å². The Kier molecular flexibility index (Phi) is 8.52. The van der Waals surface area contributed by atoms with Crippen LogP contribution < -0.4 is 62.0 Å². The van der Waals surface area contributed by atoms with Gasteiger partial charge in [0.2, 0.25) is 0 Å². The van der Waals surface area contributed by atoms with Crippen LogP contribution in [0.5, 0.6) is 0 Å². The van der Waals surface area contributed by atoms with E-state index < -0.39 is 5.97 Å². The molecule has 0 saturated heterocycles. The van der Waals surface area contributed by atoms with Crippen molar-refractivity contribution in [2.24, 2.45) is 0 Å². The van der Waals surface area contributed by atoms with Gasteiger partial charge in [0, 0.05) is 11.8 Å². The first-order chi connectivity index (χ1) is 4.30. The molecule has 0 saturated carbocycles. The molecule has 0 aromatic rings. The van der Waals surface area contributed by atoms with E-state index in [4.69, 9.17) is 0 Å². The zero-order valence-corrected chi connectivity index (χ0v) is 9.08. The van der Waals surface area contributed by atoms with Crippen molar-refractivity contribution in [2.45, 2.75) is 0 Å². The molecule has 11 heavy (non-hydrogen) atoms. The van der Waals surface area contributed by atoms with Crippen LogP contribution in [-0.4, -0.2) is 11.4 Å². The van der Waals surface area contributed by atoms with Gasteiger partial charge in [-0.25, -0.2) is 5.48 Å². The van der Waals surface area contributed by atoms with E-state index in [0.717, 1.165) is 0 Å². The molecule has 0 bridgehead atoms. The summed E-state index contributed by atoms with van der Waals surface area (Å²) in [5.41, 5.74) is 2.32. The Bertz CT molecular complexity index is 189. The molecule has 0 aliphatic carbocycles. The van der Waals surface area contributed by atoms with Crippen LogP contribution in [0.1, 0.15) is 0 Å². The minimum absolute atomic E-state index is 0. The van der Waals surface area contributed by atoms with Gasteiger partial charge in [0.15, 0.2) is 0 Å². The Labute approximate surface area is 106 Å². The van der Waals surface area contributed by atoms with E-state index in [1.54, 1.807) is 0 Å². The van der Waals surface area contributed by atoms with E-state index in [-0.39, 0.29) is 62.4 Å². The number of carbonyl (C=O) groups excluding carboxylic acids is 1. The van der Waals surface area contributed by atoms with Crippen molar-refractivity contribution in [1.29, 1.82) is 0 Å². The van der Waals surface area contributed by atoms with Crippen LogP contribution in [0.25, 0.3) is 0 Å². The molecule has 0 fully saturated rings. The monoisotopic (exact) mass is 183 g/mol. The smallest absolute Gasteiger partial charge is 0.545 e. The zero-order valence-electron chi connectivity index (χ0n) is 5.96. The normalized spacial score (nSPS) is 12.5. The topological polar surface area (TPSA) is 92.9 Å². The largest absolute Gasteiger partial charge is 1.00 e. The Balaban J connectivity index is 0. The summed E-state index contributed by atoms with van der Waals surface area (Å²) in [7, 11) is 0. The fourth-order valence-electron chi connectivity index (χ4n) is 0.419. The second-order valence-electron chi connectivity index (χ2n) is 1.43. The maximum Gasteiger partial charge on any atom is 1.00 e. The van der Waals surface area contributed by atoms with E-state index in [0.29, 0.717) is 0 Å². The first kappa shape index (κ1) is 13.7. The molecular weight excluding hydrogens is 177 g/mol. The second-order valence-corrected chi connectivity index (χ2v) is 1.43. The van der Waals surface area contributed by atoms with Crippen molar-refractivity contribution in [3.63, 3.8) is 0 Å². The summed E-state index contributed by atoms with van der Waals surface area (Å²) >= 11 is 0. The molecule has 5 nitrogen and oxygen atoms in total. The average molecular weight is 183 g/mol. The maximum atomic E-state index is 10.0. The summed E-state index contributed by atoms with van der Waals surface area (Å²) in [5.74, 6) is -1.22. The standard InChI is InChI=1S/C5H5NO3.K.H2O/c7-5(8)4-1-2-9-6-3-4;;/h1-3,6H,(H,7,8);;1H2/q;+1;/p-1. The zero-order chi connectivity index (χ0) is 6.69. The predicted molar refractivity (Wildman–Crippen MR) is 30.1 cm³/mol. The van der Waals surface area contributed by atoms with Crippen molar-refractivity contribution >= 4 is 5.97 Å². The molecule has 0 aromatic heterocycles. The number of carbonyl (C=O) groups is 1. The van der Waals surface area contributed by atoms with Crippen LogP contribution in [0.4, 0.5) is 0 Å². The van der Waals surface area contributed by atoms with Gasteiger partial charge < -0.3 is 20.2 Å². The summed E-state index contributed by atoms with van der Waals surface area (Å²) < 4.78 is 0. The molecule has 1 heterocycles. The molecule has 1 aliphatic heterocycles. The quantitative estimate of drug-likeness (QED) is 0.411. The van der Waals surface area contributed by atoms with Gasteiger partial charge in [-0.1, -0.05) is 0 Å². The minimum atomic E-state index is -1.22. The Morgan fingerprint density at radius 1 is 1.64 bits per heavy atom. The van der Waals surface area contributed by atoms with Gasteiger partial charge in [0.1, 0.15) is 6.26 Å². The molecule has 6 heteroatoms. The first-order valence-electron chi connectivity index (χ1n) is 2.30. The van der Waals surface area contributed by atoms with Crippen molar-refractivity contribution in [2.75, 3.05) is 0 Å². The molecule has 0 spiro atoms. The van der Waals surface area contributed by atoms with Gasteiger partial charge in [-0.15, -0.1) is 0 Å². The van der Waals surface area contributed by atoms with Gasteiger partial charge in [-0.2, -0.15) is 0 Å². The number of hydrogen-bond acceptors (Lipinski definition) is 4. The third-order valence-electron chi connectivity index (χ3n) is 0.834. The van der Waals surface area contributed by atoms with Crippen molar-refractivity contribution in [3.8, 4) is 0 Å². The van der Waals surface area contributed by atoms with Crippen LogP contribution in [0, 0.1) is 0 Å². The molecular formula is C5H6KNO4. The number of carboxylic acids is 1. The second kappa shape index (κ2) is 6.83. The number of hydroxylamine groups is 1. The third kappa shape index (κ3) is 4.56. The average Bonchev–Trinajstić information content (AvgIpc) is 1.90. The summed E-state index contributed by atoms with van der Waals surface area (Å²) in [6.45, 7) is 0. The van der Waals surface area contributed by atoms with E-state index in [9.17, 15) is 9.90 Å². The van der Waals surface area contributed by atoms with Crippen LogP contribution in [0.3, 0.4) is 0 Å². The van der Waals surface area contributed by atoms with E-state index in [1.165, 1.54) is 18.5 Å². The van der Waals surface area contributed by atoms with Gasteiger partial charge in [-0.3, -0.25) is 0 Å². The van der Waals surface area contributed by atoms with Gasteiger partial charge in [0.25, 0.3) is 0 Å². The molecule has 1 rings (SSSR count). The van der Waals surface area contributed by atoms with Gasteiger partial charge in [-0.05, 0) is 6.08 Å². The molecule has 0 radical (unpaired) electrons. The Hall–Kier alpha value is 0.146. The molecule has 0 atom stereocenters. The fraction of sp³-hybridized carbons (Fsp3) is 0. The number of aliphatic carboxylic acids is 1. The molecule has 0 amide bonds. The maximum absolute atomic E-state index is 10.0. The van der Waals surface area contributed by atoms with E-state index in [2.05, 4.69) is 10.3 Å². The van der Waals surface area contributed by atoms with Crippen LogP contribution in [0.2, 0.25) is 0 Å². The minimum Gasteiger partial charge on any atom is -0.545 e. The predicted octanol–water partition coefficient (Wildman–Crippen LogP) is -5.15. The summed E-state index contributed by atoms with van der Waals surface area (Å²) in [5, 5.41) is 10.0. The van der Waals surface area contributed by atoms with Crippen LogP contribution in [-0.2, 0) is 9.63 Å². The van der Waals surface area contributed by atoms with Crippen LogP contribution in [0.15, 0.2) is 24.1 Å². The molecule has 0 aromatic carbocycles. The Morgan fingerprint density at radius 3 is 2.55 bits per heavy atom. The molecule has 3 N–H and O–H groups in total. The number of nitrogens with one attached hydrogen (secondary N) is 1. The van der Waals surface area contributed by atoms with Gasteiger partial charge in [0.05, 0.1) is 5.97 Å². The summed E-state index contributed by atoms with van der Waals surface area (Å²) in [4.78, 5) is 14.5. The first-order valence-corrected chi connectivity index (χ1v) is 2.30. The third-order valence-corrected chi connectivity index (χ3v) is 0.834. The van der Waals surface area contributed by atoms with Crippen molar-refractivity contribution in [3.05, 3.63) is 24.1 Å². The molecule has 0 unspecified atom stereocenters. The number of carboxylic acid groups (broad SMARTS) is 1. The summed E-state index contributed by atoms with van der Waals surface area (Å²) in [6, 6.07) is 0. The molecule has 56 valence electrons. The van der Waals surface area contributed by atoms with E-state index in [1.807, 2.05) is 0 Å². The fourth-order valence-corrected chi connectivity index (χ4v) is 0.419. The number of hydrogen-bond donors (Lipinski definition) is 1. The Morgan fingerprint density at radius 2 is 2.27 bits per heavy atom. The van der Waals surface area contributed by atoms with Gasteiger partial charge >= 0.3 is 51.4 Å². The number of rotatable bonds is 1. The summed E-state index contributed by atoms with van der Waals surface area (Å²) in [6.07, 6.45) is 3.73.